The molecule has 0 aliphatic carbocycles. The number of benzene rings is 1. The van der Waals surface area contributed by atoms with Crippen LogP contribution in [0.3, 0.4) is 0 Å². The normalized spacial score (nSPS) is 24.1. The largest absolute Gasteiger partial charge is 0.312 e. The van der Waals surface area contributed by atoms with E-state index in [1.165, 1.54) is 28.9 Å². The molecule has 2 aromatic rings. The number of aromatic nitrogens is 1. The van der Waals surface area contributed by atoms with Crippen molar-refractivity contribution in [3.8, 4) is 0 Å². The Labute approximate surface area is 135 Å². The van der Waals surface area contributed by atoms with Gasteiger partial charge in [0.25, 0.3) is 0 Å². The van der Waals surface area contributed by atoms with Gasteiger partial charge in [0.05, 0.1) is 5.52 Å². The lowest BCUT2D eigenvalue weighted by Crippen LogP contribution is -2.37. The molecule has 1 saturated heterocycles. The zero-order valence-electron chi connectivity index (χ0n) is 12.6. The molecule has 3 atom stereocenters. The van der Waals surface area contributed by atoms with Crippen molar-refractivity contribution >= 4 is 34.4 Å². The van der Waals surface area contributed by atoms with Crippen molar-refractivity contribution in [1.29, 1.82) is 0 Å². The van der Waals surface area contributed by atoms with Crippen molar-refractivity contribution in [2.24, 2.45) is 0 Å². The van der Waals surface area contributed by atoms with Gasteiger partial charge in [-0.2, -0.15) is 23.5 Å². The van der Waals surface area contributed by atoms with Crippen molar-refractivity contribution in [3.63, 3.8) is 0 Å². The molecule has 1 fully saturated rings. The van der Waals surface area contributed by atoms with Crippen molar-refractivity contribution in [1.82, 2.24) is 10.3 Å². The Morgan fingerprint density at radius 1 is 1.24 bits per heavy atom. The van der Waals surface area contributed by atoms with Crippen LogP contribution in [0.5, 0.6) is 0 Å². The minimum atomic E-state index is 0.389. The molecule has 0 saturated carbocycles. The van der Waals surface area contributed by atoms with Crippen LogP contribution in [-0.2, 0) is 0 Å². The molecule has 0 amide bonds. The lowest BCUT2D eigenvalue weighted by Gasteiger charge is -2.36. The molecule has 0 bridgehead atoms. The summed E-state index contributed by atoms with van der Waals surface area (Å²) in [7, 11) is 2.09. The first-order valence-electron chi connectivity index (χ1n) is 7.59. The highest BCUT2D eigenvalue weighted by Crippen LogP contribution is 2.41. The van der Waals surface area contributed by atoms with E-state index in [4.69, 9.17) is 0 Å². The van der Waals surface area contributed by atoms with Crippen LogP contribution in [0.25, 0.3) is 10.9 Å². The summed E-state index contributed by atoms with van der Waals surface area (Å²) in [4.78, 5) is 4.50. The van der Waals surface area contributed by atoms with E-state index in [9.17, 15) is 0 Å². The highest BCUT2D eigenvalue weighted by Gasteiger charge is 2.32. The molecule has 112 valence electrons. The average Bonchev–Trinajstić information content (AvgIpc) is 2.56. The molecule has 3 unspecified atom stereocenters. The van der Waals surface area contributed by atoms with Gasteiger partial charge in [-0.3, -0.25) is 4.98 Å². The van der Waals surface area contributed by atoms with E-state index in [1.54, 1.807) is 0 Å². The topological polar surface area (TPSA) is 24.9 Å². The van der Waals surface area contributed by atoms with Crippen LogP contribution in [0, 0.1) is 0 Å². The molecule has 1 aliphatic rings. The van der Waals surface area contributed by atoms with Gasteiger partial charge in [-0.15, -0.1) is 0 Å². The standard InChI is InChI=1S/C17H22N2S2/c1-3-15-17(21-11-10-20-15)16(18-2)13-6-4-8-14-12(13)7-5-9-19-14/h4-9,15-18H,3,10-11H2,1-2H3. The van der Waals surface area contributed by atoms with Crippen molar-refractivity contribution in [2.45, 2.75) is 29.9 Å². The Bertz CT molecular complexity index is 597. The summed E-state index contributed by atoms with van der Waals surface area (Å²) in [6.07, 6.45) is 3.12. The highest BCUT2D eigenvalue weighted by molar-refractivity contribution is 8.07. The van der Waals surface area contributed by atoms with Gasteiger partial charge in [0.2, 0.25) is 0 Å². The molecule has 1 aromatic heterocycles. The van der Waals surface area contributed by atoms with Gasteiger partial charge >= 0.3 is 0 Å². The minimum absolute atomic E-state index is 0.389. The summed E-state index contributed by atoms with van der Waals surface area (Å²) in [6, 6.07) is 11.1. The van der Waals surface area contributed by atoms with E-state index in [1.807, 2.05) is 12.3 Å². The lowest BCUT2D eigenvalue weighted by molar-refractivity contribution is 0.547. The van der Waals surface area contributed by atoms with Crippen molar-refractivity contribution in [2.75, 3.05) is 18.6 Å². The van der Waals surface area contributed by atoms with E-state index >= 15 is 0 Å². The summed E-state index contributed by atoms with van der Waals surface area (Å²) in [5.41, 5.74) is 2.48. The Morgan fingerprint density at radius 3 is 2.90 bits per heavy atom. The highest BCUT2D eigenvalue weighted by atomic mass is 32.2. The third kappa shape index (κ3) is 3.08. The number of fused-ring (bicyclic) bond motifs is 1. The molecule has 4 heteroatoms. The molecule has 21 heavy (non-hydrogen) atoms. The quantitative estimate of drug-likeness (QED) is 0.916. The molecule has 2 nitrogen and oxygen atoms in total. The third-order valence-electron chi connectivity index (χ3n) is 4.15. The van der Waals surface area contributed by atoms with E-state index in [-0.39, 0.29) is 0 Å². The predicted octanol–water partition coefficient (Wildman–Crippen LogP) is 4.12. The Balaban J connectivity index is 2.01. The summed E-state index contributed by atoms with van der Waals surface area (Å²) in [5.74, 6) is 2.54. The summed E-state index contributed by atoms with van der Waals surface area (Å²) < 4.78 is 0. The SMILES string of the molecule is CCC1SCCSC1C(NC)c1cccc2ncccc12. The first-order chi connectivity index (χ1) is 10.3. The number of hydrogen-bond donors (Lipinski definition) is 1. The lowest BCUT2D eigenvalue weighted by atomic mass is 9.96. The van der Waals surface area contributed by atoms with Gasteiger partial charge in [-0.05, 0) is 31.2 Å². The van der Waals surface area contributed by atoms with Crippen LogP contribution >= 0.6 is 23.5 Å². The van der Waals surface area contributed by atoms with E-state index < -0.39 is 0 Å². The Morgan fingerprint density at radius 2 is 2.10 bits per heavy atom. The fourth-order valence-electron chi connectivity index (χ4n) is 3.14. The van der Waals surface area contributed by atoms with Gasteiger partial charge < -0.3 is 5.32 Å². The summed E-state index contributed by atoms with van der Waals surface area (Å²) in [6.45, 7) is 2.31. The maximum Gasteiger partial charge on any atom is 0.0705 e. The second kappa shape index (κ2) is 7.03. The van der Waals surface area contributed by atoms with Gasteiger partial charge in [-0.1, -0.05) is 25.1 Å². The second-order valence-electron chi connectivity index (χ2n) is 5.34. The van der Waals surface area contributed by atoms with Gasteiger partial charge in [0.15, 0.2) is 0 Å². The molecular weight excluding hydrogens is 296 g/mol. The molecule has 0 radical (unpaired) electrons. The van der Waals surface area contributed by atoms with Crippen molar-refractivity contribution < 1.29 is 0 Å². The average molecular weight is 319 g/mol. The second-order valence-corrected chi connectivity index (χ2v) is 7.97. The summed E-state index contributed by atoms with van der Waals surface area (Å²) in [5, 5.41) is 6.22. The van der Waals surface area contributed by atoms with E-state index in [0.29, 0.717) is 11.3 Å². The van der Waals surface area contributed by atoms with E-state index in [2.05, 4.69) is 72.1 Å². The zero-order chi connectivity index (χ0) is 14.7. The van der Waals surface area contributed by atoms with Crippen LogP contribution < -0.4 is 5.32 Å². The van der Waals surface area contributed by atoms with Crippen LogP contribution in [0.2, 0.25) is 0 Å². The number of pyridine rings is 1. The number of hydrogen-bond acceptors (Lipinski definition) is 4. The molecule has 1 aliphatic heterocycles. The van der Waals surface area contributed by atoms with Crippen LogP contribution in [0.1, 0.15) is 24.9 Å². The zero-order valence-corrected chi connectivity index (χ0v) is 14.2. The van der Waals surface area contributed by atoms with Gasteiger partial charge in [-0.25, -0.2) is 0 Å². The third-order valence-corrected chi connectivity index (χ3v) is 7.50. The Kier molecular flexibility index (Phi) is 5.09. The van der Waals surface area contributed by atoms with E-state index in [0.717, 1.165) is 10.8 Å². The molecule has 1 N–H and O–H groups in total. The van der Waals surface area contributed by atoms with Crippen LogP contribution in [0.15, 0.2) is 36.5 Å². The fraction of sp³-hybridized carbons (Fsp3) is 0.471. The van der Waals surface area contributed by atoms with Crippen molar-refractivity contribution in [3.05, 3.63) is 42.1 Å². The molecule has 3 rings (SSSR count). The first-order valence-corrected chi connectivity index (χ1v) is 9.69. The number of nitrogens with one attached hydrogen (secondary N) is 1. The van der Waals surface area contributed by atoms with Gasteiger partial charge in [0.1, 0.15) is 0 Å². The molecule has 2 heterocycles. The Hall–Kier alpha value is -0.710. The monoisotopic (exact) mass is 318 g/mol. The maximum atomic E-state index is 4.50. The number of rotatable bonds is 4. The number of nitrogens with zero attached hydrogens (tertiary/aromatic N) is 1. The maximum absolute atomic E-state index is 4.50. The molecular formula is C17H22N2S2. The van der Waals surface area contributed by atoms with Gasteiger partial charge in [0, 0.05) is 39.6 Å². The minimum Gasteiger partial charge on any atom is -0.312 e. The molecule has 1 aromatic carbocycles. The molecule has 0 spiro atoms. The van der Waals surface area contributed by atoms with Crippen LogP contribution in [-0.4, -0.2) is 34.0 Å². The summed E-state index contributed by atoms with van der Waals surface area (Å²) >= 11 is 4.27. The first kappa shape index (κ1) is 15.2. The number of thioether (sulfide) groups is 2. The van der Waals surface area contributed by atoms with Crippen LogP contribution in [0.4, 0.5) is 0 Å². The predicted molar refractivity (Wildman–Crippen MR) is 96.3 cm³/mol. The fourth-order valence-corrected chi connectivity index (χ4v) is 6.42. The smallest absolute Gasteiger partial charge is 0.0705 e.